The Kier molecular flexibility index (Phi) is 3.39. The first-order chi connectivity index (χ1) is 8.16. The van der Waals surface area contributed by atoms with Gasteiger partial charge in [0, 0.05) is 10.9 Å². The van der Waals surface area contributed by atoms with E-state index in [4.69, 9.17) is 0 Å². The molecule has 0 aliphatic rings. The molecule has 2 rings (SSSR count). The Morgan fingerprint density at radius 1 is 1.53 bits per heavy atom. The number of benzene rings is 1. The van der Waals surface area contributed by atoms with E-state index >= 15 is 0 Å². The maximum atomic E-state index is 11.9. The van der Waals surface area contributed by atoms with E-state index in [1.165, 1.54) is 17.4 Å². The average molecular weight is 248 g/mol. The number of phenolic OH excluding ortho intramolecular Hbond substituents is 1. The Bertz CT molecular complexity index is 523. The summed E-state index contributed by atoms with van der Waals surface area (Å²) >= 11 is 1.50. The van der Waals surface area contributed by atoms with Gasteiger partial charge in [-0.3, -0.25) is 4.79 Å². The molecule has 1 amide bonds. The van der Waals surface area contributed by atoms with Crippen LogP contribution in [0.15, 0.2) is 29.1 Å². The molecule has 2 N–H and O–H groups in total. The molecule has 4 nitrogen and oxygen atoms in total. The minimum absolute atomic E-state index is 0.157. The lowest BCUT2D eigenvalue weighted by Crippen LogP contribution is -2.23. The second-order valence-corrected chi connectivity index (χ2v) is 4.38. The largest absolute Gasteiger partial charge is 0.508 e. The fraction of sp³-hybridized carbons (Fsp3) is 0.167. The third-order valence-corrected chi connectivity index (χ3v) is 3.00. The highest BCUT2D eigenvalue weighted by Crippen LogP contribution is 2.15. The van der Waals surface area contributed by atoms with Crippen LogP contribution in [0, 0.1) is 6.92 Å². The lowest BCUT2D eigenvalue weighted by atomic mass is 10.1. The molecule has 0 radical (unpaired) electrons. The molecule has 1 aromatic heterocycles. The molecule has 1 heterocycles. The van der Waals surface area contributed by atoms with Crippen molar-refractivity contribution in [3.05, 3.63) is 45.9 Å². The molecule has 0 fully saturated rings. The van der Waals surface area contributed by atoms with E-state index in [0.29, 0.717) is 12.1 Å². The van der Waals surface area contributed by atoms with E-state index in [1.807, 2.05) is 5.38 Å². The summed E-state index contributed by atoms with van der Waals surface area (Å²) in [4.78, 5) is 15.9. The number of hydrogen-bond donors (Lipinski definition) is 2. The number of nitrogens with one attached hydrogen (secondary N) is 1. The van der Waals surface area contributed by atoms with Crippen molar-refractivity contribution in [3.63, 3.8) is 0 Å². The van der Waals surface area contributed by atoms with Gasteiger partial charge in [-0.15, -0.1) is 11.3 Å². The molecule has 88 valence electrons. The Balaban J connectivity index is 2.04. The Morgan fingerprint density at radius 2 is 2.35 bits per heavy atom. The highest BCUT2D eigenvalue weighted by molar-refractivity contribution is 7.07. The molecule has 0 atom stereocenters. The van der Waals surface area contributed by atoms with Gasteiger partial charge in [0.1, 0.15) is 5.75 Å². The minimum atomic E-state index is -0.157. The molecule has 2 aromatic rings. The third kappa shape index (κ3) is 2.82. The molecule has 17 heavy (non-hydrogen) atoms. The zero-order chi connectivity index (χ0) is 12.3. The van der Waals surface area contributed by atoms with E-state index in [0.717, 1.165) is 11.3 Å². The highest BCUT2D eigenvalue weighted by Gasteiger charge is 2.09. The maximum Gasteiger partial charge on any atom is 0.251 e. The van der Waals surface area contributed by atoms with Crippen LogP contribution in [0.3, 0.4) is 0 Å². The van der Waals surface area contributed by atoms with Crippen LogP contribution in [0.1, 0.15) is 21.6 Å². The van der Waals surface area contributed by atoms with Crippen molar-refractivity contribution in [1.82, 2.24) is 10.3 Å². The number of rotatable bonds is 3. The van der Waals surface area contributed by atoms with Crippen LogP contribution >= 0.6 is 11.3 Å². The molecule has 0 spiro atoms. The zero-order valence-electron chi connectivity index (χ0n) is 9.30. The van der Waals surface area contributed by atoms with Crippen molar-refractivity contribution < 1.29 is 9.90 Å². The molecule has 1 aromatic carbocycles. The molecular formula is C12H12N2O2S. The lowest BCUT2D eigenvalue weighted by molar-refractivity contribution is 0.0950. The van der Waals surface area contributed by atoms with Crippen LogP contribution in [0.25, 0.3) is 0 Å². The molecular weight excluding hydrogens is 236 g/mol. The quantitative estimate of drug-likeness (QED) is 0.874. The fourth-order valence-electron chi connectivity index (χ4n) is 1.49. The number of carbonyl (C=O) groups is 1. The monoisotopic (exact) mass is 248 g/mol. The number of aromatic hydroxyl groups is 1. The SMILES string of the molecule is Cc1cc(O)ccc1C(=O)NCc1cscn1. The van der Waals surface area contributed by atoms with Gasteiger partial charge in [0.15, 0.2) is 0 Å². The summed E-state index contributed by atoms with van der Waals surface area (Å²) in [5.41, 5.74) is 3.89. The van der Waals surface area contributed by atoms with Crippen LogP contribution < -0.4 is 5.32 Å². The molecule has 0 saturated carbocycles. The number of hydrogen-bond acceptors (Lipinski definition) is 4. The Labute approximate surface area is 103 Å². The predicted octanol–water partition coefficient (Wildman–Crippen LogP) is 2.09. The van der Waals surface area contributed by atoms with Crippen molar-refractivity contribution in [1.29, 1.82) is 0 Å². The summed E-state index contributed by atoms with van der Waals surface area (Å²) in [6.07, 6.45) is 0. The molecule has 5 heteroatoms. The maximum absolute atomic E-state index is 11.9. The van der Waals surface area contributed by atoms with E-state index in [9.17, 15) is 9.90 Å². The van der Waals surface area contributed by atoms with Crippen molar-refractivity contribution in [3.8, 4) is 5.75 Å². The van der Waals surface area contributed by atoms with Crippen LogP contribution in [0.5, 0.6) is 5.75 Å². The summed E-state index contributed by atoms with van der Waals surface area (Å²) in [6.45, 7) is 2.21. The van der Waals surface area contributed by atoms with Gasteiger partial charge in [0.05, 0.1) is 17.7 Å². The Hall–Kier alpha value is -1.88. The molecule has 0 bridgehead atoms. The first-order valence-corrected chi connectivity index (χ1v) is 6.06. The van der Waals surface area contributed by atoms with Gasteiger partial charge in [-0.1, -0.05) is 0 Å². The summed E-state index contributed by atoms with van der Waals surface area (Å²) < 4.78 is 0. The number of carbonyl (C=O) groups excluding carboxylic acids is 1. The summed E-state index contributed by atoms with van der Waals surface area (Å²) in [5, 5.41) is 13.9. The predicted molar refractivity (Wildman–Crippen MR) is 66.1 cm³/mol. The first kappa shape index (κ1) is 11.6. The smallest absolute Gasteiger partial charge is 0.251 e. The first-order valence-electron chi connectivity index (χ1n) is 5.11. The summed E-state index contributed by atoms with van der Waals surface area (Å²) in [6, 6.07) is 4.68. The van der Waals surface area contributed by atoms with Gasteiger partial charge in [0.25, 0.3) is 5.91 Å². The van der Waals surface area contributed by atoms with Gasteiger partial charge < -0.3 is 10.4 Å². The van der Waals surface area contributed by atoms with Gasteiger partial charge in [0.2, 0.25) is 0 Å². The second-order valence-electron chi connectivity index (χ2n) is 3.66. The molecule has 0 saturated heterocycles. The van der Waals surface area contributed by atoms with Gasteiger partial charge >= 0.3 is 0 Å². The van der Waals surface area contributed by atoms with E-state index < -0.39 is 0 Å². The van der Waals surface area contributed by atoms with E-state index in [-0.39, 0.29) is 11.7 Å². The van der Waals surface area contributed by atoms with E-state index in [2.05, 4.69) is 10.3 Å². The number of phenols is 1. The fourth-order valence-corrected chi connectivity index (χ4v) is 2.05. The summed E-state index contributed by atoms with van der Waals surface area (Å²) in [7, 11) is 0. The number of thiazole rings is 1. The second kappa shape index (κ2) is 4.97. The van der Waals surface area contributed by atoms with Crippen LogP contribution in [0.2, 0.25) is 0 Å². The Morgan fingerprint density at radius 3 is 3.00 bits per heavy atom. The number of amides is 1. The van der Waals surface area contributed by atoms with Crippen LogP contribution in [-0.2, 0) is 6.54 Å². The summed E-state index contributed by atoms with van der Waals surface area (Å²) in [5.74, 6) is 0.00838. The molecule has 0 aliphatic heterocycles. The minimum Gasteiger partial charge on any atom is -0.508 e. The lowest BCUT2D eigenvalue weighted by Gasteiger charge is -2.06. The van der Waals surface area contributed by atoms with Crippen LogP contribution in [0.4, 0.5) is 0 Å². The van der Waals surface area contributed by atoms with Crippen molar-refractivity contribution in [2.75, 3.05) is 0 Å². The average Bonchev–Trinajstić information content (AvgIpc) is 2.78. The topological polar surface area (TPSA) is 62.2 Å². The third-order valence-electron chi connectivity index (χ3n) is 2.37. The number of aromatic nitrogens is 1. The van der Waals surface area contributed by atoms with Crippen molar-refractivity contribution in [2.45, 2.75) is 13.5 Å². The number of nitrogens with zero attached hydrogens (tertiary/aromatic N) is 1. The normalized spacial score (nSPS) is 10.2. The zero-order valence-corrected chi connectivity index (χ0v) is 10.1. The van der Waals surface area contributed by atoms with Crippen LogP contribution in [-0.4, -0.2) is 16.0 Å². The van der Waals surface area contributed by atoms with Crippen molar-refractivity contribution in [2.24, 2.45) is 0 Å². The van der Waals surface area contributed by atoms with Gasteiger partial charge in [-0.2, -0.15) is 0 Å². The number of aryl methyl sites for hydroxylation is 1. The van der Waals surface area contributed by atoms with Crippen molar-refractivity contribution >= 4 is 17.2 Å². The van der Waals surface area contributed by atoms with E-state index in [1.54, 1.807) is 24.6 Å². The van der Waals surface area contributed by atoms with Gasteiger partial charge in [-0.25, -0.2) is 4.98 Å². The standard InChI is InChI=1S/C12H12N2O2S/c1-8-4-10(15)2-3-11(8)12(16)13-5-9-6-17-7-14-9/h2-4,6-7,15H,5H2,1H3,(H,13,16). The highest BCUT2D eigenvalue weighted by atomic mass is 32.1. The molecule has 0 unspecified atom stereocenters. The molecule has 0 aliphatic carbocycles. The van der Waals surface area contributed by atoms with Gasteiger partial charge in [-0.05, 0) is 30.7 Å².